The Morgan fingerprint density at radius 3 is 2.50 bits per heavy atom. The molecule has 0 unspecified atom stereocenters. The first kappa shape index (κ1) is 10.4. The topological polar surface area (TPSA) is 45.4 Å². The second kappa shape index (κ2) is 5.14. The van der Waals surface area contributed by atoms with Crippen LogP contribution in [0.25, 0.3) is 0 Å². The lowest BCUT2D eigenvalue weighted by Crippen LogP contribution is -2.01. The van der Waals surface area contributed by atoms with Crippen LogP contribution in [-0.2, 0) is 4.74 Å². The van der Waals surface area contributed by atoms with Crippen LogP contribution in [0.3, 0.4) is 0 Å². The fourth-order valence-electron chi connectivity index (χ4n) is 0.489. The summed E-state index contributed by atoms with van der Waals surface area (Å²) in [6, 6.07) is 1.86. The van der Waals surface area contributed by atoms with Gasteiger partial charge in [0.2, 0.25) is 5.90 Å². The molecule has 0 N–H and O–H groups in total. The van der Waals surface area contributed by atoms with Gasteiger partial charge in [-0.1, -0.05) is 12.2 Å². The average molecular weight is 164 g/mol. The summed E-state index contributed by atoms with van der Waals surface area (Å²) in [4.78, 5) is 3.92. The Morgan fingerprint density at radius 2 is 2.17 bits per heavy atom. The molecule has 0 rings (SSSR count). The van der Waals surface area contributed by atoms with E-state index in [0.717, 1.165) is 5.57 Å². The van der Waals surface area contributed by atoms with Crippen LogP contribution in [0, 0.1) is 11.3 Å². The van der Waals surface area contributed by atoms with Crippen LogP contribution in [0.5, 0.6) is 0 Å². The Balaban J connectivity index is 4.58. The zero-order valence-electron chi connectivity index (χ0n) is 7.59. The number of hydrogen-bond acceptors (Lipinski definition) is 3. The van der Waals surface area contributed by atoms with Gasteiger partial charge in [0, 0.05) is 6.20 Å². The van der Waals surface area contributed by atoms with E-state index in [9.17, 15) is 0 Å². The second-order valence-corrected chi connectivity index (χ2v) is 2.44. The van der Waals surface area contributed by atoms with Crippen molar-refractivity contribution in [3.05, 3.63) is 23.9 Å². The number of allylic oxidation sites excluding steroid dienone is 1. The second-order valence-electron chi connectivity index (χ2n) is 2.44. The van der Waals surface area contributed by atoms with Crippen LogP contribution in [0.4, 0.5) is 0 Å². The number of nitriles is 1. The molecule has 0 heterocycles. The zero-order chi connectivity index (χ0) is 9.56. The fourth-order valence-corrected chi connectivity index (χ4v) is 0.489. The van der Waals surface area contributed by atoms with Crippen molar-refractivity contribution in [2.24, 2.45) is 4.99 Å². The molecule has 0 aliphatic carbocycles. The third kappa shape index (κ3) is 3.57. The number of hydrogen-bond donors (Lipinski definition) is 0. The minimum Gasteiger partial charge on any atom is -0.480 e. The highest BCUT2D eigenvalue weighted by Gasteiger charge is 2.00. The molecule has 64 valence electrons. The summed E-state index contributed by atoms with van der Waals surface area (Å²) in [5, 5.41) is 8.47. The summed E-state index contributed by atoms with van der Waals surface area (Å²) in [7, 11) is 1.46. The SMILES string of the molecule is C=C(C#N)/C(=N\C=C(C)C)OC. The van der Waals surface area contributed by atoms with Crippen molar-refractivity contribution in [1.29, 1.82) is 5.26 Å². The molecule has 0 aliphatic rings. The average Bonchev–Trinajstić information content (AvgIpc) is 2.04. The quantitative estimate of drug-likeness (QED) is 0.356. The van der Waals surface area contributed by atoms with Crippen molar-refractivity contribution in [3.63, 3.8) is 0 Å². The van der Waals surface area contributed by atoms with Gasteiger partial charge in [-0.15, -0.1) is 0 Å². The maximum atomic E-state index is 8.47. The van der Waals surface area contributed by atoms with Crippen molar-refractivity contribution in [1.82, 2.24) is 0 Å². The van der Waals surface area contributed by atoms with Crippen molar-refractivity contribution in [2.75, 3.05) is 7.11 Å². The van der Waals surface area contributed by atoms with Crippen LogP contribution in [0.15, 0.2) is 28.9 Å². The molecule has 0 amide bonds. The van der Waals surface area contributed by atoms with E-state index in [2.05, 4.69) is 11.6 Å². The third-order valence-electron chi connectivity index (χ3n) is 1.03. The van der Waals surface area contributed by atoms with Gasteiger partial charge >= 0.3 is 0 Å². The van der Waals surface area contributed by atoms with E-state index in [4.69, 9.17) is 10.00 Å². The van der Waals surface area contributed by atoms with Gasteiger partial charge < -0.3 is 4.74 Å². The van der Waals surface area contributed by atoms with Crippen molar-refractivity contribution >= 4 is 5.90 Å². The van der Waals surface area contributed by atoms with Gasteiger partial charge in [-0.25, -0.2) is 4.99 Å². The smallest absolute Gasteiger partial charge is 0.230 e. The first-order chi connectivity index (χ1) is 5.61. The van der Waals surface area contributed by atoms with Gasteiger partial charge in [-0.05, 0) is 13.8 Å². The Morgan fingerprint density at radius 1 is 1.58 bits per heavy atom. The summed E-state index contributed by atoms with van der Waals surface area (Å²) in [6.07, 6.45) is 1.63. The van der Waals surface area contributed by atoms with E-state index < -0.39 is 0 Å². The highest BCUT2D eigenvalue weighted by molar-refractivity contribution is 5.96. The minimum atomic E-state index is 0.231. The van der Waals surface area contributed by atoms with Crippen LogP contribution in [-0.4, -0.2) is 13.0 Å². The van der Waals surface area contributed by atoms with Gasteiger partial charge in [-0.2, -0.15) is 5.26 Å². The first-order valence-corrected chi connectivity index (χ1v) is 3.46. The molecule has 0 radical (unpaired) electrons. The number of nitrogens with zero attached hydrogens (tertiary/aromatic N) is 2. The highest BCUT2D eigenvalue weighted by Crippen LogP contribution is 1.97. The Kier molecular flexibility index (Phi) is 4.47. The number of ether oxygens (including phenoxy) is 1. The monoisotopic (exact) mass is 164 g/mol. The lowest BCUT2D eigenvalue weighted by Gasteiger charge is -1.98. The molecule has 0 aromatic carbocycles. The molecule has 0 aromatic heterocycles. The van der Waals surface area contributed by atoms with E-state index in [1.165, 1.54) is 7.11 Å². The minimum absolute atomic E-state index is 0.231. The molecule has 0 aliphatic heterocycles. The summed E-state index contributed by atoms with van der Waals surface area (Å²) < 4.78 is 4.84. The molecule has 0 bridgehead atoms. The Labute approximate surface area is 72.7 Å². The van der Waals surface area contributed by atoms with E-state index in [0.29, 0.717) is 0 Å². The normalized spacial score (nSPS) is 10.0. The Hall–Kier alpha value is -1.56. The van der Waals surface area contributed by atoms with E-state index in [-0.39, 0.29) is 11.5 Å². The number of aliphatic imine (C=N–C) groups is 1. The van der Waals surface area contributed by atoms with Gasteiger partial charge in [0.1, 0.15) is 11.6 Å². The maximum absolute atomic E-state index is 8.47. The van der Waals surface area contributed by atoms with Gasteiger partial charge in [0.05, 0.1) is 7.11 Å². The predicted molar refractivity (Wildman–Crippen MR) is 48.6 cm³/mol. The molecule has 0 aromatic rings. The van der Waals surface area contributed by atoms with Crippen LogP contribution in [0.2, 0.25) is 0 Å². The standard InChI is InChI=1S/C9H12N2O/c1-7(2)6-11-9(12-4)8(3)5-10/h6H,3H2,1-2,4H3/b11-9+. The van der Waals surface area contributed by atoms with Gasteiger partial charge in [-0.3, -0.25) is 0 Å². The largest absolute Gasteiger partial charge is 0.480 e. The lowest BCUT2D eigenvalue weighted by molar-refractivity contribution is 0.405. The molecule has 3 heteroatoms. The van der Waals surface area contributed by atoms with E-state index in [1.807, 2.05) is 19.9 Å². The van der Waals surface area contributed by atoms with Gasteiger partial charge in [0.15, 0.2) is 0 Å². The first-order valence-electron chi connectivity index (χ1n) is 3.46. The van der Waals surface area contributed by atoms with Crippen LogP contribution < -0.4 is 0 Å². The Bertz CT molecular complexity index is 265. The number of rotatable bonds is 2. The highest BCUT2D eigenvalue weighted by atomic mass is 16.5. The molecule has 0 saturated carbocycles. The van der Waals surface area contributed by atoms with Crippen LogP contribution >= 0.6 is 0 Å². The molecule has 3 nitrogen and oxygen atoms in total. The maximum Gasteiger partial charge on any atom is 0.230 e. The molecule has 0 atom stereocenters. The molecule has 0 saturated heterocycles. The fraction of sp³-hybridized carbons (Fsp3) is 0.333. The zero-order valence-corrected chi connectivity index (χ0v) is 7.59. The summed E-state index contributed by atoms with van der Waals surface area (Å²) in [5.74, 6) is 0.263. The van der Waals surface area contributed by atoms with E-state index in [1.54, 1.807) is 6.20 Å². The van der Waals surface area contributed by atoms with Crippen LogP contribution in [0.1, 0.15) is 13.8 Å². The molecular formula is C9H12N2O. The summed E-state index contributed by atoms with van der Waals surface area (Å²) >= 11 is 0. The van der Waals surface area contributed by atoms with Crippen molar-refractivity contribution in [2.45, 2.75) is 13.8 Å². The lowest BCUT2D eigenvalue weighted by atomic mass is 10.3. The molecule has 0 spiro atoms. The number of methoxy groups -OCH3 is 1. The molecule has 12 heavy (non-hydrogen) atoms. The van der Waals surface area contributed by atoms with Crippen molar-refractivity contribution in [3.8, 4) is 6.07 Å². The van der Waals surface area contributed by atoms with Gasteiger partial charge in [0.25, 0.3) is 0 Å². The third-order valence-corrected chi connectivity index (χ3v) is 1.03. The van der Waals surface area contributed by atoms with Crippen molar-refractivity contribution < 1.29 is 4.74 Å². The predicted octanol–water partition coefficient (Wildman–Crippen LogP) is 2.03. The molecular weight excluding hydrogens is 152 g/mol. The summed E-state index contributed by atoms with van der Waals surface area (Å²) in [5.41, 5.74) is 1.27. The van der Waals surface area contributed by atoms with E-state index >= 15 is 0 Å². The summed E-state index contributed by atoms with van der Waals surface area (Å²) in [6.45, 7) is 7.29. The molecule has 0 fully saturated rings.